The molecule has 0 heterocycles. The molecule has 0 bridgehead atoms. The lowest BCUT2D eigenvalue weighted by Crippen LogP contribution is -2.20. The summed E-state index contributed by atoms with van der Waals surface area (Å²) in [4.78, 5) is 12.1. The SMILES string of the molecule is CCCCC(CC)C(=O)OCCOCCOCCOCCOCCOS(=O)(=O)c1ccc(C)cc1. The molecule has 1 aromatic rings. The van der Waals surface area contributed by atoms with E-state index in [0.29, 0.717) is 46.2 Å². The van der Waals surface area contributed by atoms with Crippen LogP contribution in [0.4, 0.5) is 0 Å². The average molecular weight is 519 g/mol. The van der Waals surface area contributed by atoms with Crippen molar-refractivity contribution in [3.8, 4) is 0 Å². The Morgan fingerprint density at radius 3 is 1.74 bits per heavy atom. The van der Waals surface area contributed by atoms with Crippen LogP contribution < -0.4 is 0 Å². The average Bonchev–Trinajstić information content (AvgIpc) is 2.84. The van der Waals surface area contributed by atoms with Crippen molar-refractivity contribution in [3.05, 3.63) is 29.8 Å². The molecule has 35 heavy (non-hydrogen) atoms. The third kappa shape index (κ3) is 15.2. The molecule has 10 heteroatoms. The normalized spacial score (nSPS) is 12.5. The molecule has 1 atom stereocenters. The number of carbonyl (C=O) groups excluding carboxylic acids is 1. The van der Waals surface area contributed by atoms with E-state index >= 15 is 0 Å². The van der Waals surface area contributed by atoms with Crippen molar-refractivity contribution in [2.45, 2.75) is 51.3 Å². The van der Waals surface area contributed by atoms with Crippen molar-refractivity contribution in [1.82, 2.24) is 0 Å². The van der Waals surface area contributed by atoms with Crippen LogP contribution in [0.5, 0.6) is 0 Å². The molecule has 1 rings (SSSR count). The second kappa shape index (κ2) is 19.6. The highest BCUT2D eigenvalue weighted by Crippen LogP contribution is 2.14. The highest BCUT2D eigenvalue weighted by molar-refractivity contribution is 7.86. The molecule has 202 valence electrons. The zero-order chi connectivity index (χ0) is 25.8. The van der Waals surface area contributed by atoms with E-state index in [1.807, 2.05) is 13.8 Å². The number of rotatable bonds is 22. The van der Waals surface area contributed by atoms with Gasteiger partial charge in [-0.3, -0.25) is 8.98 Å². The smallest absolute Gasteiger partial charge is 0.308 e. The van der Waals surface area contributed by atoms with Gasteiger partial charge in [0.25, 0.3) is 10.1 Å². The Labute approximate surface area is 210 Å². The number of unbranched alkanes of at least 4 members (excludes halogenated alkanes) is 1. The molecular weight excluding hydrogens is 476 g/mol. The van der Waals surface area contributed by atoms with Crippen LogP contribution >= 0.6 is 0 Å². The van der Waals surface area contributed by atoms with Crippen LogP contribution in [0.1, 0.15) is 45.1 Å². The molecule has 0 aromatic heterocycles. The van der Waals surface area contributed by atoms with Crippen molar-refractivity contribution < 1.29 is 41.1 Å². The molecule has 0 spiro atoms. The third-order valence-corrected chi connectivity index (χ3v) is 6.42. The highest BCUT2D eigenvalue weighted by Gasteiger charge is 2.17. The van der Waals surface area contributed by atoms with Gasteiger partial charge in [0, 0.05) is 0 Å². The van der Waals surface area contributed by atoms with Crippen LogP contribution in [-0.4, -0.2) is 80.5 Å². The van der Waals surface area contributed by atoms with Gasteiger partial charge in [-0.25, -0.2) is 0 Å². The Morgan fingerprint density at radius 1 is 0.771 bits per heavy atom. The standard InChI is InChI=1S/C25H42O9S/c1-4-6-7-23(5-2)25(26)33-20-18-31-16-14-29-12-13-30-15-17-32-19-21-34-35(27,28)24-10-8-22(3)9-11-24/h8-11,23H,4-7,12-21H2,1-3H3. The summed E-state index contributed by atoms with van der Waals surface area (Å²) in [6, 6.07) is 6.47. The summed E-state index contributed by atoms with van der Waals surface area (Å²) in [7, 11) is -3.77. The lowest BCUT2D eigenvalue weighted by atomic mass is 10.00. The fraction of sp³-hybridized carbons (Fsp3) is 0.720. The summed E-state index contributed by atoms with van der Waals surface area (Å²) < 4.78 is 55.8. The van der Waals surface area contributed by atoms with Crippen LogP contribution in [0.2, 0.25) is 0 Å². The molecule has 0 saturated carbocycles. The molecule has 1 unspecified atom stereocenters. The molecular formula is C25H42O9S. The van der Waals surface area contributed by atoms with Gasteiger partial charge < -0.3 is 23.7 Å². The van der Waals surface area contributed by atoms with Gasteiger partial charge in [-0.1, -0.05) is 44.4 Å². The molecule has 0 radical (unpaired) electrons. The minimum absolute atomic E-state index is 0.0165. The summed E-state index contributed by atoms with van der Waals surface area (Å²) in [6.45, 7) is 9.06. The minimum atomic E-state index is -3.77. The molecule has 0 aliphatic carbocycles. The number of ether oxygens (including phenoxy) is 5. The zero-order valence-corrected chi connectivity index (χ0v) is 22.2. The lowest BCUT2D eigenvalue weighted by Gasteiger charge is -2.13. The van der Waals surface area contributed by atoms with Gasteiger partial charge in [0.05, 0.1) is 70.3 Å². The van der Waals surface area contributed by atoms with Crippen LogP contribution in [-0.2, 0) is 42.8 Å². The maximum Gasteiger partial charge on any atom is 0.308 e. The molecule has 0 amide bonds. The largest absolute Gasteiger partial charge is 0.463 e. The fourth-order valence-electron chi connectivity index (χ4n) is 3.00. The second-order valence-electron chi connectivity index (χ2n) is 7.95. The molecule has 1 aromatic carbocycles. The number of hydrogen-bond donors (Lipinski definition) is 0. The fourth-order valence-corrected chi connectivity index (χ4v) is 3.89. The van der Waals surface area contributed by atoms with E-state index in [9.17, 15) is 13.2 Å². The second-order valence-corrected chi connectivity index (χ2v) is 9.57. The van der Waals surface area contributed by atoms with Crippen LogP contribution in [0.25, 0.3) is 0 Å². The molecule has 0 aliphatic rings. The Hall–Kier alpha value is -1.56. The van der Waals surface area contributed by atoms with Crippen molar-refractivity contribution in [2.24, 2.45) is 5.92 Å². The molecule has 0 saturated heterocycles. The van der Waals surface area contributed by atoms with E-state index in [1.54, 1.807) is 12.1 Å². The lowest BCUT2D eigenvalue weighted by molar-refractivity contribution is -0.150. The van der Waals surface area contributed by atoms with Crippen LogP contribution in [0.3, 0.4) is 0 Å². The van der Waals surface area contributed by atoms with Gasteiger partial charge in [-0.05, 0) is 31.9 Å². The van der Waals surface area contributed by atoms with E-state index in [1.165, 1.54) is 12.1 Å². The first kappa shape index (κ1) is 31.5. The number of hydrogen-bond acceptors (Lipinski definition) is 9. The summed E-state index contributed by atoms with van der Waals surface area (Å²) >= 11 is 0. The first-order chi connectivity index (χ1) is 16.9. The van der Waals surface area contributed by atoms with Crippen LogP contribution in [0.15, 0.2) is 29.2 Å². The van der Waals surface area contributed by atoms with Crippen LogP contribution in [0, 0.1) is 12.8 Å². The summed E-state index contributed by atoms with van der Waals surface area (Å²) in [5.41, 5.74) is 0.976. The molecule has 0 aliphatic heterocycles. The maximum atomic E-state index is 12.0. The highest BCUT2D eigenvalue weighted by atomic mass is 32.2. The van der Waals surface area contributed by atoms with Gasteiger partial charge in [0.2, 0.25) is 0 Å². The van der Waals surface area contributed by atoms with E-state index in [-0.39, 0.29) is 36.6 Å². The number of esters is 1. The van der Waals surface area contributed by atoms with Crippen molar-refractivity contribution in [2.75, 3.05) is 66.1 Å². The predicted octanol–water partition coefficient (Wildman–Crippen LogP) is 3.53. The Morgan fingerprint density at radius 2 is 1.26 bits per heavy atom. The van der Waals surface area contributed by atoms with E-state index in [4.69, 9.17) is 27.9 Å². The van der Waals surface area contributed by atoms with Gasteiger partial charge in [-0.2, -0.15) is 8.42 Å². The van der Waals surface area contributed by atoms with Gasteiger partial charge >= 0.3 is 5.97 Å². The van der Waals surface area contributed by atoms with Crippen molar-refractivity contribution in [1.29, 1.82) is 0 Å². The van der Waals surface area contributed by atoms with Gasteiger partial charge in [-0.15, -0.1) is 0 Å². The van der Waals surface area contributed by atoms with Crippen molar-refractivity contribution in [3.63, 3.8) is 0 Å². The number of benzene rings is 1. The third-order valence-electron chi connectivity index (χ3n) is 5.10. The van der Waals surface area contributed by atoms with Gasteiger partial charge in [0.1, 0.15) is 6.61 Å². The zero-order valence-electron chi connectivity index (χ0n) is 21.4. The monoisotopic (exact) mass is 518 g/mol. The van der Waals surface area contributed by atoms with E-state index in [0.717, 1.165) is 31.2 Å². The summed E-state index contributed by atoms with van der Waals surface area (Å²) in [5.74, 6) is -0.154. The van der Waals surface area contributed by atoms with Crippen molar-refractivity contribution >= 4 is 16.1 Å². The Bertz CT molecular complexity index is 766. The first-order valence-electron chi connectivity index (χ1n) is 12.3. The first-order valence-corrected chi connectivity index (χ1v) is 13.7. The minimum Gasteiger partial charge on any atom is -0.463 e. The molecule has 0 fully saturated rings. The molecule has 9 nitrogen and oxygen atoms in total. The van der Waals surface area contributed by atoms with E-state index in [2.05, 4.69) is 6.92 Å². The number of aryl methyl sites for hydroxylation is 1. The topological polar surface area (TPSA) is 107 Å². The maximum absolute atomic E-state index is 12.0. The predicted molar refractivity (Wildman–Crippen MR) is 132 cm³/mol. The summed E-state index contributed by atoms with van der Waals surface area (Å²) in [5, 5.41) is 0. The quantitative estimate of drug-likeness (QED) is 0.129. The van der Waals surface area contributed by atoms with Gasteiger partial charge in [0.15, 0.2) is 0 Å². The Balaban J connectivity index is 1.88. The summed E-state index contributed by atoms with van der Waals surface area (Å²) in [6.07, 6.45) is 3.79. The Kier molecular flexibility index (Phi) is 17.6. The van der Waals surface area contributed by atoms with E-state index < -0.39 is 10.1 Å². The number of carbonyl (C=O) groups is 1. The molecule has 0 N–H and O–H groups in total.